The first kappa shape index (κ1) is 14.8. The molecule has 0 aliphatic carbocycles. The van der Waals surface area contributed by atoms with Crippen molar-refractivity contribution in [3.05, 3.63) is 32.3 Å². The quantitative estimate of drug-likeness (QED) is 0.660. The first-order valence-electron chi connectivity index (χ1n) is 6.23. The minimum atomic E-state index is -0.487. The largest absolute Gasteiger partial charge is 0.391 e. The fourth-order valence-electron chi connectivity index (χ4n) is 2.56. The summed E-state index contributed by atoms with van der Waals surface area (Å²) in [5, 5.41) is 30.1. The smallest absolute Gasteiger partial charge is 0.272 e. The molecular weight excluding hydrogens is 326 g/mol. The topological polar surface area (TPSA) is 90.4 Å². The van der Waals surface area contributed by atoms with Crippen molar-refractivity contribution < 1.29 is 10.0 Å². The predicted octanol–water partition coefficient (Wildman–Crippen LogP) is 2.44. The van der Waals surface area contributed by atoms with E-state index in [1.807, 2.05) is 11.8 Å². The SMILES string of the molecule is C[C@@H]1C[C@H](O)CN(c2cc([N+](=O)[O-])cc(Br)c2C#N)C1. The third kappa shape index (κ3) is 2.92. The minimum Gasteiger partial charge on any atom is -0.391 e. The predicted molar refractivity (Wildman–Crippen MR) is 77.5 cm³/mol. The zero-order valence-corrected chi connectivity index (χ0v) is 12.5. The van der Waals surface area contributed by atoms with Gasteiger partial charge in [0, 0.05) is 29.7 Å². The number of β-amino-alcohol motifs (C(OH)–C–C–N with tert-alkyl or cyclic N) is 1. The average molecular weight is 340 g/mol. The molecule has 7 heteroatoms. The minimum absolute atomic E-state index is 0.0707. The Morgan fingerprint density at radius 3 is 2.80 bits per heavy atom. The second kappa shape index (κ2) is 5.77. The van der Waals surface area contributed by atoms with Gasteiger partial charge in [-0.15, -0.1) is 0 Å². The number of nitriles is 1. The monoisotopic (exact) mass is 339 g/mol. The molecule has 0 spiro atoms. The number of nitrogens with zero attached hydrogens (tertiary/aromatic N) is 3. The Hall–Kier alpha value is -1.65. The molecule has 0 amide bonds. The molecule has 0 aromatic heterocycles. The van der Waals surface area contributed by atoms with Crippen molar-refractivity contribution in [1.82, 2.24) is 0 Å². The average Bonchev–Trinajstić information content (AvgIpc) is 2.36. The van der Waals surface area contributed by atoms with Gasteiger partial charge in [0.25, 0.3) is 5.69 Å². The van der Waals surface area contributed by atoms with Crippen LogP contribution in [0.2, 0.25) is 0 Å². The molecule has 1 aliphatic heterocycles. The van der Waals surface area contributed by atoms with Gasteiger partial charge in [0.05, 0.1) is 22.3 Å². The third-order valence-corrected chi connectivity index (χ3v) is 3.98. The molecule has 6 nitrogen and oxygen atoms in total. The molecule has 1 fully saturated rings. The lowest BCUT2D eigenvalue weighted by Crippen LogP contribution is -2.42. The van der Waals surface area contributed by atoms with E-state index in [1.165, 1.54) is 12.1 Å². The summed E-state index contributed by atoms with van der Waals surface area (Å²) in [5.74, 6) is 0.267. The van der Waals surface area contributed by atoms with Crippen molar-refractivity contribution in [2.75, 3.05) is 18.0 Å². The van der Waals surface area contributed by atoms with Gasteiger partial charge in [-0.2, -0.15) is 5.26 Å². The van der Waals surface area contributed by atoms with E-state index in [0.29, 0.717) is 35.2 Å². The van der Waals surface area contributed by atoms with Crippen LogP contribution in [0.15, 0.2) is 16.6 Å². The van der Waals surface area contributed by atoms with Crippen molar-refractivity contribution in [3.63, 3.8) is 0 Å². The Labute approximate surface area is 124 Å². The number of aliphatic hydroxyl groups is 1. The Kier molecular flexibility index (Phi) is 4.26. The van der Waals surface area contributed by atoms with Crippen LogP contribution in [0.4, 0.5) is 11.4 Å². The molecular formula is C13H14BrN3O3. The Bertz CT molecular complexity index is 575. The van der Waals surface area contributed by atoms with Crippen LogP contribution >= 0.6 is 15.9 Å². The molecule has 20 heavy (non-hydrogen) atoms. The van der Waals surface area contributed by atoms with Crippen LogP contribution in [0.5, 0.6) is 0 Å². The lowest BCUT2D eigenvalue weighted by atomic mass is 9.96. The molecule has 0 unspecified atom stereocenters. The van der Waals surface area contributed by atoms with E-state index >= 15 is 0 Å². The summed E-state index contributed by atoms with van der Waals surface area (Å²) in [6.07, 6.45) is 0.220. The third-order valence-electron chi connectivity index (χ3n) is 3.36. The zero-order valence-electron chi connectivity index (χ0n) is 10.9. The van der Waals surface area contributed by atoms with Crippen LogP contribution in [0.25, 0.3) is 0 Å². The number of aliphatic hydroxyl groups excluding tert-OH is 1. The van der Waals surface area contributed by atoms with Crippen LogP contribution in [-0.4, -0.2) is 29.2 Å². The first-order valence-corrected chi connectivity index (χ1v) is 7.02. The van der Waals surface area contributed by atoms with E-state index in [1.54, 1.807) is 0 Å². The van der Waals surface area contributed by atoms with Crippen molar-refractivity contribution in [1.29, 1.82) is 5.26 Å². The van der Waals surface area contributed by atoms with Crippen LogP contribution in [0, 0.1) is 27.4 Å². The van der Waals surface area contributed by atoms with E-state index in [4.69, 9.17) is 0 Å². The highest BCUT2D eigenvalue weighted by molar-refractivity contribution is 9.10. The summed E-state index contributed by atoms with van der Waals surface area (Å²) in [6, 6.07) is 4.79. The molecule has 1 aliphatic rings. The van der Waals surface area contributed by atoms with E-state index in [9.17, 15) is 20.5 Å². The first-order chi connectivity index (χ1) is 9.42. The highest BCUT2D eigenvalue weighted by Gasteiger charge is 2.27. The van der Waals surface area contributed by atoms with Crippen molar-refractivity contribution in [3.8, 4) is 6.07 Å². The number of anilines is 1. The van der Waals surface area contributed by atoms with Crippen LogP contribution in [0.3, 0.4) is 0 Å². The molecule has 0 bridgehead atoms. The summed E-state index contributed by atoms with van der Waals surface area (Å²) in [7, 11) is 0. The van der Waals surface area contributed by atoms with E-state index in [2.05, 4.69) is 22.0 Å². The summed E-state index contributed by atoms with van der Waals surface area (Å²) >= 11 is 3.21. The lowest BCUT2D eigenvalue weighted by molar-refractivity contribution is -0.384. The number of non-ortho nitro benzene ring substituents is 1. The number of benzene rings is 1. The highest BCUT2D eigenvalue weighted by atomic mass is 79.9. The number of rotatable bonds is 2. The molecule has 1 aromatic rings. The number of hydrogen-bond acceptors (Lipinski definition) is 5. The Balaban J connectivity index is 2.48. The molecule has 1 heterocycles. The number of nitro groups is 1. The molecule has 2 atom stereocenters. The molecule has 1 N–H and O–H groups in total. The second-order valence-corrected chi connectivity index (χ2v) is 5.94. The maximum absolute atomic E-state index is 11.0. The van der Waals surface area contributed by atoms with Crippen LogP contribution in [0.1, 0.15) is 18.9 Å². The molecule has 1 saturated heterocycles. The van der Waals surface area contributed by atoms with Crippen molar-refractivity contribution in [2.45, 2.75) is 19.4 Å². The van der Waals surface area contributed by atoms with Crippen LogP contribution < -0.4 is 4.90 Å². The summed E-state index contributed by atoms with van der Waals surface area (Å²) in [4.78, 5) is 12.3. The maximum atomic E-state index is 11.0. The van der Waals surface area contributed by atoms with E-state index < -0.39 is 11.0 Å². The number of hydrogen-bond donors (Lipinski definition) is 1. The zero-order chi connectivity index (χ0) is 14.9. The van der Waals surface area contributed by atoms with Crippen molar-refractivity contribution >= 4 is 27.3 Å². The number of halogens is 1. The highest BCUT2D eigenvalue weighted by Crippen LogP contribution is 2.34. The van der Waals surface area contributed by atoms with Gasteiger partial charge in [0.2, 0.25) is 0 Å². The number of nitro benzene ring substituents is 1. The van der Waals surface area contributed by atoms with Gasteiger partial charge in [-0.3, -0.25) is 10.1 Å². The van der Waals surface area contributed by atoms with Crippen molar-refractivity contribution in [2.24, 2.45) is 5.92 Å². The second-order valence-electron chi connectivity index (χ2n) is 5.09. The Morgan fingerprint density at radius 1 is 1.55 bits per heavy atom. The van der Waals surface area contributed by atoms with Gasteiger partial charge in [-0.25, -0.2) is 0 Å². The summed E-state index contributed by atoms with van der Waals surface area (Å²) in [6.45, 7) is 3.06. The fraction of sp³-hybridized carbons (Fsp3) is 0.462. The standard InChI is InChI=1S/C13H14BrN3O3/c1-8-2-10(18)7-16(6-8)13-4-9(17(19)20)3-12(14)11(13)5-15/h3-4,8,10,18H,2,6-7H2,1H3/t8-,10+/m1/s1. The van der Waals surface area contributed by atoms with Gasteiger partial charge >= 0.3 is 0 Å². The van der Waals surface area contributed by atoms with Gasteiger partial charge in [0.1, 0.15) is 6.07 Å². The maximum Gasteiger partial charge on any atom is 0.272 e. The summed E-state index contributed by atoms with van der Waals surface area (Å²) in [5.41, 5.74) is 0.787. The lowest BCUT2D eigenvalue weighted by Gasteiger charge is -2.36. The molecule has 0 radical (unpaired) electrons. The molecule has 106 valence electrons. The molecule has 2 rings (SSSR count). The van der Waals surface area contributed by atoms with Gasteiger partial charge in [-0.1, -0.05) is 6.92 Å². The van der Waals surface area contributed by atoms with Gasteiger partial charge in [-0.05, 0) is 28.3 Å². The fourth-order valence-corrected chi connectivity index (χ4v) is 3.09. The van der Waals surface area contributed by atoms with E-state index in [0.717, 1.165) is 0 Å². The molecule has 0 saturated carbocycles. The van der Waals surface area contributed by atoms with Gasteiger partial charge in [0.15, 0.2) is 0 Å². The Morgan fingerprint density at radius 2 is 2.25 bits per heavy atom. The van der Waals surface area contributed by atoms with Gasteiger partial charge < -0.3 is 10.0 Å². The van der Waals surface area contributed by atoms with E-state index in [-0.39, 0.29) is 11.6 Å². The number of piperidine rings is 1. The normalized spacial score (nSPS) is 22.4. The molecule has 1 aromatic carbocycles. The summed E-state index contributed by atoms with van der Waals surface area (Å²) < 4.78 is 0.400. The van der Waals surface area contributed by atoms with Crippen LogP contribution in [-0.2, 0) is 0 Å².